The lowest BCUT2D eigenvalue weighted by Crippen LogP contribution is -2.36. The molecule has 0 spiro atoms. The summed E-state index contributed by atoms with van der Waals surface area (Å²) in [5, 5.41) is 24.5. The molecule has 1 aromatic rings. The van der Waals surface area contributed by atoms with Crippen LogP contribution in [-0.4, -0.2) is 50.0 Å². The first-order valence-electron chi connectivity index (χ1n) is 6.48. The standard InChI is InChI=1S/C14H22N2O4.ClH/c1-15-8-14(19)16-7-11(9-17)5-10-3-4-13(20-2)12(18)6-10;/h3-4,6,11,15,17-18H,5,7-9H2,1-2H3,(H,16,19);1H. The second kappa shape index (κ2) is 10.3. The molecular weight excluding hydrogens is 296 g/mol. The van der Waals surface area contributed by atoms with E-state index in [-0.39, 0.29) is 43.1 Å². The Morgan fingerprint density at radius 1 is 1.43 bits per heavy atom. The highest BCUT2D eigenvalue weighted by atomic mass is 35.5. The van der Waals surface area contributed by atoms with Crippen molar-refractivity contribution in [2.45, 2.75) is 6.42 Å². The predicted molar refractivity (Wildman–Crippen MR) is 83.1 cm³/mol. The molecule has 0 aromatic heterocycles. The van der Waals surface area contributed by atoms with Gasteiger partial charge in [0.05, 0.1) is 13.7 Å². The fourth-order valence-electron chi connectivity index (χ4n) is 1.88. The largest absolute Gasteiger partial charge is 0.504 e. The van der Waals surface area contributed by atoms with Crippen LogP contribution < -0.4 is 15.4 Å². The molecule has 0 radical (unpaired) electrons. The number of halogens is 1. The smallest absolute Gasteiger partial charge is 0.233 e. The Morgan fingerprint density at radius 3 is 2.67 bits per heavy atom. The number of nitrogens with one attached hydrogen (secondary N) is 2. The van der Waals surface area contributed by atoms with Crippen LogP contribution in [0.5, 0.6) is 11.5 Å². The Hall–Kier alpha value is -1.50. The van der Waals surface area contributed by atoms with E-state index in [1.54, 1.807) is 19.2 Å². The van der Waals surface area contributed by atoms with E-state index in [0.29, 0.717) is 18.7 Å². The van der Waals surface area contributed by atoms with Crippen LogP contribution in [0.15, 0.2) is 18.2 Å². The third-order valence-electron chi connectivity index (χ3n) is 2.95. The van der Waals surface area contributed by atoms with Gasteiger partial charge in [-0.3, -0.25) is 4.79 Å². The van der Waals surface area contributed by atoms with Crippen LogP contribution in [0.4, 0.5) is 0 Å². The van der Waals surface area contributed by atoms with Crippen molar-refractivity contribution in [3.8, 4) is 11.5 Å². The number of aliphatic hydroxyl groups is 1. The zero-order chi connectivity index (χ0) is 15.0. The van der Waals surface area contributed by atoms with Crippen molar-refractivity contribution in [1.29, 1.82) is 0 Å². The molecule has 0 aliphatic rings. The van der Waals surface area contributed by atoms with E-state index in [1.165, 1.54) is 7.11 Å². The highest BCUT2D eigenvalue weighted by Crippen LogP contribution is 2.27. The Labute approximate surface area is 130 Å². The number of carbonyl (C=O) groups excluding carboxylic acids is 1. The predicted octanol–water partition coefficient (Wildman–Crippen LogP) is 0.309. The third-order valence-corrected chi connectivity index (χ3v) is 2.95. The minimum absolute atomic E-state index is 0. The average Bonchev–Trinajstić information content (AvgIpc) is 2.44. The van der Waals surface area contributed by atoms with E-state index in [9.17, 15) is 15.0 Å². The topological polar surface area (TPSA) is 90.8 Å². The number of hydrogen-bond acceptors (Lipinski definition) is 5. The molecule has 7 heteroatoms. The van der Waals surface area contributed by atoms with E-state index >= 15 is 0 Å². The van der Waals surface area contributed by atoms with Crippen LogP contribution in [0.2, 0.25) is 0 Å². The maximum atomic E-state index is 11.3. The molecule has 1 atom stereocenters. The van der Waals surface area contributed by atoms with Gasteiger partial charge in [0.15, 0.2) is 11.5 Å². The molecular formula is C14H23ClN2O4. The molecule has 1 unspecified atom stereocenters. The summed E-state index contributed by atoms with van der Waals surface area (Å²) in [6, 6.07) is 5.12. The number of hydrogen-bond donors (Lipinski definition) is 4. The molecule has 120 valence electrons. The third kappa shape index (κ3) is 6.66. The summed E-state index contributed by atoms with van der Waals surface area (Å²) in [7, 11) is 3.19. The number of aromatic hydroxyl groups is 1. The van der Waals surface area contributed by atoms with E-state index < -0.39 is 0 Å². The summed E-state index contributed by atoms with van der Waals surface area (Å²) in [4.78, 5) is 11.3. The number of likely N-dealkylation sites (N-methyl/N-ethyl adjacent to an activating group) is 1. The summed E-state index contributed by atoms with van der Waals surface area (Å²) in [6.07, 6.45) is 0.563. The SMILES string of the molecule is CNCC(=O)NCC(CO)Cc1ccc(OC)c(O)c1.Cl. The van der Waals surface area contributed by atoms with Crippen molar-refractivity contribution in [3.05, 3.63) is 23.8 Å². The van der Waals surface area contributed by atoms with E-state index in [0.717, 1.165) is 5.56 Å². The lowest BCUT2D eigenvalue weighted by Gasteiger charge is -2.15. The van der Waals surface area contributed by atoms with Crippen molar-refractivity contribution >= 4 is 18.3 Å². The molecule has 1 aromatic carbocycles. The number of ether oxygens (including phenoxy) is 1. The number of phenols is 1. The van der Waals surface area contributed by atoms with Gasteiger partial charge in [0.2, 0.25) is 5.91 Å². The Bertz CT molecular complexity index is 443. The normalized spacial score (nSPS) is 11.4. The Kier molecular flexibility index (Phi) is 9.53. The van der Waals surface area contributed by atoms with Gasteiger partial charge in [-0.05, 0) is 31.2 Å². The molecule has 0 saturated carbocycles. The van der Waals surface area contributed by atoms with Crippen molar-refractivity contribution in [2.24, 2.45) is 5.92 Å². The van der Waals surface area contributed by atoms with Gasteiger partial charge in [-0.25, -0.2) is 0 Å². The van der Waals surface area contributed by atoms with Crippen LogP contribution in [0.25, 0.3) is 0 Å². The highest BCUT2D eigenvalue weighted by molar-refractivity contribution is 5.85. The summed E-state index contributed by atoms with van der Waals surface area (Å²) < 4.78 is 4.97. The van der Waals surface area contributed by atoms with Crippen LogP contribution in [0, 0.1) is 5.92 Å². The van der Waals surface area contributed by atoms with Crippen molar-refractivity contribution in [2.75, 3.05) is 33.9 Å². The summed E-state index contributed by atoms with van der Waals surface area (Å²) in [5.41, 5.74) is 0.880. The number of phenolic OH excluding ortho intramolecular Hbond substituents is 1. The molecule has 0 aliphatic heterocycles. The zero-order valence-corrected chi connectivity index (χ0v) is 13.1. The number of carbonyl (C=O) groups is 1. The maximum Gasteiger partial charge on any atom is 0.233 e. The van der Waals surface area contributed by atoms with E-state index in [2.05, 4.69) is 10.6 Å². The monoisotopic (exact) mass is 318 g/mol. The van der Waals surface area contributed by atoms with Gasteiger partial charge in [0.25, 0.3) is 0 Å². The summed E-state index contributed by atoms with van der Waals surface area (Å²) in [6.45, 7) is 0.609. The fraction of sp³-hybridized carbons (Fsp3) is 0.500. The van der Waals surface area contributed by atoms with Crippen molar-refractivity contribution in [3.63, 3.8) is 0 Å². The first-order valence-corrected chi connectivity index (χ1v) is 6.48. The number of amides is 1. The number of benzene rings is 1. The first-order chi connectivity index (χ1) is 9.60. The molecule has 0 aliphatic carbocycles. The van der Waals surface area contributed by atoms with Gasteiger partial charge < -0.3 is 25.6 Å². The van der Waals surface area contributed by atoms with Crippen LogP contribution >= 0.6 is 12.4 Å². The van der Waals surface area contributed by atoms with Crippen LogP contribution in [0.3, 0.4) is 0 Å². The van der Waals surface area contributed by atoms with Gasteiger partial charge in [-0.1, -0.05) is 6.07 Å². The quantitative estimate of drug-likeness (QED) is 0.554. The summed E-state index contributed by atoms with van der Waals surface area (Å²) >= 11 is 0. The molecule has 1 amide bonds. The molecule has 0 fully saturated rings. The molecule has 21 heavy (non-hydrogen) atoms. The molecule has 0 heterocycles. The number of methoxy groups -OCH3 is 1. The lowest BCUT2D eigenvalue weighted by atomic mass is 9.99. The highest BCUT2D eigenvalue weighted by Gasteiger charge is 2.12. The minimum atomic E-state index is -0.108. The van der Waals surface area contributed by atoms with Crippen molar-refractivity contribution in [1.82, 2.24) is 10.6 Å². The second-order valence-corrected chi connectivity index (χ2v) is 4.59. The van der Waals surface area contributed by atoms with Gasteiger partial charge >= 0.3 is 0 Å². The summed E-state index contributed by atoms with van der Waals surface area (Å²) in [5.74, 6) is 0.282. The first kappa shape index (κ1) is 19.5. The average molecular weight is 319 g/mol. The van der Waals surface area contributed by atoms with Gasteiger partial charge in [-0.15, -0.1) is 12.4 Å². The van der Waals surface area contributed by atoms with Gasteiger partial charge in [0, 0.05) is 19.1 Å². The lowest BCUT2D eigenvalue weighted by molar-refractivity contribution is -0.120. The zero-order valence-electron chi connectivity index (χ0n) is 12.3. The fourth-order valence-corrected chi connectivity index (χ4v) is 1.88. The van der Waals surface area contributed by atoms with E-state index in [4.69, 9.17) is 4.74 Å². The van der Waals surface area contributed by atoms with Gasteiger partial charge in [0.1, 0.15) is 0 Å². The molecule has 4 N–H and O–H groups in total. The Balaban J connectivity index is 0.00000400. The number of rotatable bonds is 8. The number of aliphatic hydroxyl groups excluding tert-OH is 1. The minimum Gasteiger partial charge on any atom is -0.504 e. The maximum absolute atomic E-state index is 11.3. The van der Waals surface area contributed by atoms with Crippen LogP contribution in [-0.2, 0) is 11.2 Å². The molecule has 6 nitrogen and oxygen atoms in total. The van der Waals surface area contributed by atoms with Crippen LogP contribution in [0.1, 0.15) is 5.56 Å². The van der Waals surface area contributed by atoms with E-state index in [1.807, 2.05) is 6.07 Å². The molecule has 0 saturated heterocycles. The molecule has 0 bridgehead atoms. The van der Waals surface area contributed by atoms with Crippen molar-refractivity contribution < 1.29 is 19.7 Å². The van der Waals surface area contributed by atoms with Gasteiger partial charge in [-0.2, -0.15) is 0 Å². The second-order valence-electron chi connectivity index (χ2n) is 4.59. The molecule has 1 rings (SSSR count). The Morgan fingerprint density at radius 2 is 2.14 bits per heavy atom.